The highest BCUT2D eigenvalue weighted by Crippen LogP contribution is 2.18. The van der Waals surface area contributed by atoms with Crippen LogP contribution in [0.4, 0.5) is 0 Å². The second kappa shape index (κ2) is 68.1. The van der Waals surface area contributed by atoms with Gasteiger partial charge in [-0.2, -0.15) is 0 Å². The molecule has 0 bridgehead atoms. The van der Waals surface area contributed by atoms with Crippen LogP contribution >= 0.6 is 0 Å². The lowest BCUT2D eigenvalue weighted by atomic mass is 10.0. The zero-order chi connectivity index (χ0) is 57.1. The van der Waals surface area contributed by atoms with Crippen molar-refractivity contribution >= 4 is 17.9 Å². The van der Waals surface area contributed by atoms with Crippen molar-refractivity contribution < 1.29 is 28.6 Å². The third-order valence-corrected chi connectivity index (χ3v) is 16.1. The molecule has 0 heterocycles. The van der Waals surface area contributed by atoms with Crippen LogP contribution in [0.15, 0.2) is 36.5 Å². The highest BCUT2D eigenvalue weighted by atomic mass is 16.6. The molecule has 0 aliphatic carbocycles. The molecule has 0 aromatic carbocycles. The molecule has 6 nitrogen and oxygen atoms in total. The van der Waals surface area contributed by atoms with Crippen molar-refractivity contribution in [3.63, 3.8) is 0 Å². The Kier molecular flexibility index (Phi) is 66.1. The van der Waals surface area contributed by atoms with Gasteiger partial charge in [-0.3, -0.25) is 14.4 Å². The van der Waals surface area contributed by atoms with Crippen LogP contribution in [0.1, 0.15) is 393 Å². The molecule has 0 saturated carbocycles. The lowest BCUT2D eigenvalue weighted by Crippen LogP contribution is -2.30. The van der Waals surface area contributed by atoms with Gasteiger partial charge in [-0.15, -0.1) is 0 Å². The molecular formula is C73H136O6. The summed E-state index contributed by atoms with van der Waals surface area (Å²) in [5.74, 6) is -0.850. The maximum atomic E-state index is 12.9. The fraction of sp³-hybridized carbons (Fsp3) is 0.877. The monoisotopic (exact) mass is 1110 g/mol. The van der Waals surface area contributed by atoms with E-state index in [9.17, 15) is 14.4 Å². The predicted molar refractivity (Wildman–Crippen MR) is 344 cm³/mol. The van der Waals surface area contributed by atoms with Gasteiger partial charge >= 0.3 is 17.9 Å². The summed E-state index contributed by atoms with van der Waals surface area (Å²) >= 11 is 0. The van der Waals surface area contributed by atoms with Crippen LogP contribution in [-0.4, -0.2) is 37.2 Å². The van der Waals surface area contributed by atoms with E-state index in [0.29, 0.717) is 19.3 Å². The van der Waals surface area contributed by atoms with E-state index in [1.807, 2.05) is 0 Å². The predicted octanol–water partition coefficient (Wildman–Crippen LogP) is 24.3. The Bertz CT molecular complexity index is 1320. The van der Waals surface area contributed by atoms with Crippen LogP contribution in [0.25, 0.3) is 0 Å². The fourth-order valence-electron chi connectivity index (χ4n) is 10.8. The van der Waals surface area contributed by atoms with Crippen molar-refractivity contribution in [3.05, 3.63) is 36.5 Å². The summed E-state index contributed by atoms with van der Waals surface area (Å²) in [7, 11) is 0. The first-order valence-electron chi connectivity index (χ1n) is 35.5. The number of ether oxygens (including phenoxy) is 3. The first kappa shape index (κ1) is 76.6. The van der Waals surface area contributed by atoms with Crippen molar-refractivity contribution in [2.75, 3.05) is 13.2 Å². The first-order chi connectivity index (χ1) is 39.0. The van der Waals surface area contributed by atoms with Gasteiger partial charge in [-0.1, -0.05) is 333 Å². The van der Waals surface area contributed by atoms with E-state index in [1.54, 1.807) is 0 Å². The molecule has 0 aromatic rings. The van der Waals surface area contributed by atoms with E-state index < -0.39 is 6.10 Å². The van der Waals surface area contributed by atoms with Gasteiger partial charge in [0.05, 0.1) is 0 Å². The Morgan fingerprint density at radius 2 is 0.456 bits per heavy atom. The van der Waals surface area contributed by atoms with E-state index in [2.05, 4.69) is 57.2 Å². The highest BCUT2D eigenvalue weighted by Gasteiger charge is 2.19. The van der Waals surface area contributed by atoms with E-state index in [0.717, 1.165) is 64.2 Å². The Labute approximate surface area is 493 Å². The normalized spacial score (nSPS) is 12.2. The van der Waals surface area contributed by atoms with Gasteiger partial charge in [0, 0.05) is 19.3 Å². The standard InChI is InChI=1S/C73H136O6/c1-4-7-10-13-16-19-21-23-25-27-29-30-31-32-33-34-35-36-37-38-39-40-41-42-44-45-47-49-51-54-57-60-63-66-72(75)78-69-70(68-77-71(74)65-62-59-56-53-18-15-12-9-6-3)79-73(76)67-64-61-58-55-52-50-48-46-43-28-26-24-22-20-17-14-11-8-5-2/h17,20,24,26-27,29,70H,4-16,18-19,21-23,25,28,30-69H2,1-3H3/b20-17-,26-24-,29-27-. The van der Waals surface area contributed by atoms with Crippen molar-refractivity contribution in [2.24, 2.45) is 0 Å². The fourth-order valence-corrected chi connectivity index (χ4v) is 10.8. The number of esters is 3. The van der Waals surface area contributed by atoms with Crippen LogP contribution in [0.2, 0.25) is 0 Å². The third-order valence-electron chi connectivity index (χ3n) is 16.1. The molecule has 79 heavy (non-hydrogen) atoms. The molecule has 0 aromatic heterocycles. The van der Waals surface area contributed by atoms with Crippen LogP contribution in [0, 0.1) is 0 Å². The minimum absolute atomic E-state index is 0.0684. The quantitative estimate of drug-likeness (QED) is 0.0261. The maximum absolute atomic E-state index is 12.9. The van der Waals surface area contributed by atoms with Crippen molar-refractivity contribution in [1.82, 2.24) is 0 Å². The summed E-state index contributed by atoms with van der Waals surface area (Å²) in [6.45, 7) is 6.65. The Balaban J connectivity index is 4.03. The summed E-state index contributed by atoms with van der Waals surface area (Å²) < 4.78 is 16.9. The summed E-state index contributed by atoms with van der Waals surface area (Å²) in [5, 5.41) is 0. The molecule has 0 radical (unpaired) electrons. The Morgan fingerprint density at radius 1 is 0.253 bits per heavy atom. The molecule has 0 aliphatic heterocycles. The van der Waals surface area contributed by atoms with Gasteiger partial charge < -0.3 is 14.2 Å². The number of hydrogen-bond donors (Lipinski definition) is 0. The van der Waals surface area contributed by atoms with E-state index in [4.69, 9.17) is 14.2 Å². The third kappa shape index (κ3) is 66.3. The van der Waals surface area contributed by atoms with E-state index >= 15 is 0 Å². The van der Waals surface area contributed by atoms with Gasteiger partial charge in [0.2, 0.25) is 0 Å². The van der Waals surface area contributed by atoms with Crippen LogP contribution in [0.5, 0.6) is 0 Å². The molecule has 6 heteroatoms. The maximum Gasteiger partial charge on any atom is 0.306 e. The molecular weight excluding hydrogens is 973 g/mol. The molecule has 0 N–H and O–H groups in total. The van der Waals surface area contributed by atoms with Gasteiger partial charge in [0.1, 0.15) is 13.2 Å². The largest absolute Gasteiger partial charge is 0.462 e. The minimum Gasteiger partial charge on any atom is -0.462 e. The molecule has 1 atom stereocenters. The molecule has 0 rings (SSSR count). The van der Waals surface area contributed by atoms with Crippen molar-refractivity contribution in [3.8, 4) is 0 Å². The highest BCUT2D eigenvalue weighted by molar-refractivity contribution is 5.71. The zero-order valence-corrected chi connectivity index (χ0v) is 53.4. The second-order valence-electron chi connectivity index (χ2n) is 24.1. The lowest BCUT2D eigenvalue weighted by Gasteiger charge is -2.18. The summed E-state index contributed by atoms with van der Waals surface area (Å²) in [5.41, 5.74) is 0. The van der Waals surface area contributed by atoms with E-state index in [1.165, 1.54) is 289 Å². The van der Waals surface area contributed by atoms with Crippen LogP contribution in [0.3, 0.4) is 0 Å². The minimum atomic E-state index is -0.770. The topological polar surface area (TPSA) is 78.9 Å². The molecule has 0 fully saturated rings. The molecule has 0 spiro atoms. The Morgan fingerprint density at radius 3 is 0.734 bits per heavy atom. The SMILES string of the molecule is CCCCC/C=C\C/C=C\CCCCCCCCCCCC(=O)OC(COC(=O)CCCCCCCCCCC)COC(=O)CCCCCCCCCCCCCCCCCCCCCCC/C=C\CCCCCCCCCC. The number of unbranched alkanes of at least 4 members (excludes halogenated alkanes) is 49. The Hall–Kier alpha value is -2.37. The van der Waals surface area contributed by atoms with Gasteiger partial charge in [0.15, 0.2) is 6.10 Å². The van der Waals surface area contributed by atoms with Gasteiger partial charge in [0.25, 0.3) is 0 Å². The molecule has 0 amide bonds. The average Bonchev–Trinajstić information content (AvgIpc) is 3.45. The zero-order valence-electron chi connectivity index (χ0n) is 53.4. The van der Waals surface area contributed by atoms with Crippen molar-refractivity contribution in [1.29, 1.82) is 0 Å². The van der Waals surface area contributed by atoms with Crippen LogP contribution < -0.4 is 0 Å². The number of carbonyl (C=O) groups excluding carboxylic acids is 3. The molecule has 0 saturated heterocycles. The molecule has 464 valence electrons. The number of allylic oxidation sites excluding steroid dienone is 6. The summed E-state index contributed by atoms with van der Waals surface area (Å²) in [6.07, 6.45) is 84.9. The van der Waals surface area contributed by atoms with Crippen molar-refractivity contribution in [2.45, 2.75) is 399 Å². The summed E-state index contributed by atoms with van der Waals surface area (Å²) in [4.78, 5) is 38.2. The lowest BCUT2D eigenvalue weighted by molar-refractivity contribution is -0.167. The average molecular weight is 1110 g/mol. The first-order valence-corrected chi connectivity index (χ1v) is 35.5. The van der Waals surface area contributed by atoms with Gasteiger partial charge in [-0.05, 0) is 77.0 Å². The second-order valence-corrected chi connectivity index (χ2v) is 24.1. The van der Waals surface area contributed by atoms with E-state index in [-0.39, 0.29) is 31.1 Å². The molecule has 0 aliphatic rings. The number of hydrogen-bond acceptors (Lipinski definition) is 6. The van der Waals surface area contributed by atoms with Crippen LogP contribution in [-0.2, 0) is 28.6 Å². The molecule has 1 unspecified atom stereocenters. The summed E-state index contributed by atoms with van der Waals surface area (Å²) in [6, 6.07) is 0. The van der Waals surface area contributed by atoms with Gasteiger partial charge in [-0.25, -0.2) is 0 Å². The number of carbonyl (C=O) groups is 3. The smallest absolute Gasteiger partial charge is 0.306 e. The number of rotatable bonds is 66.